The lowest BCUT2D eigenvalue weighted by Gasteiger charge is -2.45. The number of carbonyl (C=O) groups excluding carboxylic acids is 1. The van der Waals surface area contributed by atoms with E-state index >= 15 is 0 Å². The minimum Gasteiger partial charge on any atom is -0.593 e. The third kappa shape index (κ3) is 5.15. The lowest BCUT2D eigenvalue weighted by Crippen LogP contribution is -2.49. The third-order valence-corrected chi connectivity index (χ3v) is 10.6. The molecule has 2 aromatic carbocycles. The van der Waals surface area contributed by atoms with E-state index in [2.05, 4.69) is 21.8 Å². The standard InChI is InChI=1S/C30H37ClN2O4S/c31-23-9-11-25-20(15-23)5-4-13-30(25)18-33-17-22-7-10-24(22)27(34)6-2-1-3-14-38(36)32-29(35)21-8-12-28(37-19-30)26(33)16-21/h8-9,11-12,15-16,22,24,27,34H,1-7,10,13-14,17-19H2,(H,32,35). The summed E-state index contributed by atoms with van der Waals surface area (Å²) in [5, 5.41) is 11.8. The Morgan fingerprint density at radius 2 is 2.00 bits per heavy atom. The van der Waals surface area contributed by atoms with Crippen LogP contribution in [0.15, 0.2) is 36.4 Å². The normalized spacial score (nSPS) is 31.8. The van der Waals surface area contributed by atoms with Crippen molar-refractivity contribution in [3.05, 3.63) is 58.1 Å². The average Bonchev–Trinajstić information content (AvgIpc) is 3.03. The number of amides is 1. The molecular weight excluding hydrogens is 520 g/mol. The smallest absolute Gasteiger partial charge is 0.292 e. The zero-order chi connectivity index (χ0) is 26.3. The summed E-state index contributed by atoms with van der Waals surface area (Å²) in [7, 11) is 0. The van der Waals surface area contributed by atoms with Crippen molar-refractivity contribution in [2.75, 3.05) is 30.3 Å². The van der Waals surface area contributed by atoms with Crippen molar-refractivity contribution in [1.82, 2.24) is 4.72 Å². The Morgan fingerprint density at radius 3 is 2.84 bits per heavy atom. The molecule has 2 bridgehead atoms. The summed E-state index contributed by atoms with van der Waals surface area (Å²) in [6.45, 7) is 2.17. The fourth-order valence-electron chi connectivity index (χ4n) is 7.06. The quantitative estimate of drug-likeness (QED) is 0.437. The molecule has 2 heterocycles. The Balaban J connectivity index is 1.39. The molecule has 2 aromatic rings. The van der Waals surface area contributed by atoms with Gasteiger partial charge in [0.25, 0.3) is 5.91 Å². The maximum absolute atomic E-state index is 13.0. The molecule has 204 valence electrons. The highest BCUT2D eigenvalue weighted by molar-refractivity contribution is 7.90. The lowest BCUT2D eigenvalue weighted by molar-refractivity contribution is 0.00910. The van der Waals surface area contributed by atoms with Gasteiger partial charge in [-0.25, -0.2) is 0 Å². The number of benzene rings is 2. The summed E-state index contributed by atoms with van der Waals surface area (Å²) in [6, 6.07) is 11.8. The van der Waals surface area contributed by atoms with E-state index in [9.17, 15) is 14.5 Å². The molecular formula is C30H37ClN2O4S. The Kier molecular flexibility index (Phi) is 7.55. The van der Waals surface area contributed by atoms with E-state index in [1.165, 1.54) is 11.1 Å². The first-order valence-electron chi connectivity index (χ1n) is 14.1. The fourth-order valence-corrected chi connectivity index (χ4v) is 8.14. The number of anilines is 1. The molecule has 2 aliphatic carbocycles. The van der Waals surface area contributed by atoms with Gasteiger partial charge in [-0.05, 0) is 105 Å². The second-order valence-electron chi connectivity index (χ2n) is 11.7. The van der Waals surface area contributed by atoms with E-state index < -0.39 is 11.4 Å². The highest BCUT2D eigenvalue weighted by Gasteiger charge is 2.44. The van der Waals surface area contributed by atoms with Crippen LogP contribution < -0.4 is 14.4 Å². The van der Waals surface area contributed by atoms with E-state index in [0.29, 0.717) is 29.8 Å². The van der Waals surface area contributed by atoms with Crippen LogP contribution in [0.5, 0.6) is 5.75 Å². The van der Waals surface area contributed by atoms with E-state index in [1.54, 1.807) is 6.07 Å². The topological polar surface area (TPSA) is 84.9 Å². The van der Waals surface area contributed by atoms with Gasteiger partial charge < -0.3 is 19.3 Å². The molecule has 1 spiro atoms. The molecule has 5 unspecified atom stereocenters. The maximum Gasteiger partial charge on any atom is 0.292 e. The van der Waals surface area contributed by atoms with Gasteiger partial charge in [-0.1, -0.05) is 24.1 Å². The first kappa shape index (κ1) is 26.3. The molecule has 8 heteroatoms. The first-order valence-corrected chi connectivity index (χ1v) is 15.8. The summed E-state index contributed by atoms with van der Waals surface area (Å²) in [5.41, 5.74) is 3.84. The molecule has 38 heavy (non-hydrogen) atoms. The Morgan fingerprint density at radius 1 is 1.11 bits per heavy atom. The van der Waals surface area contributed by atoms with Gasteiger partial charge in [0, 0.05) is 29.1 Å². The largest absolute Gasteiger partial charge is 0.593 e. The van der Waals surface area contributed by atoms with Gasteiger partial charge in [0.1, 0.15) is 11.5 Å². The fraction of sp³-hybridized carbons (Fsp3) is 0.567. The van der Waals surface area contributed by atoms with E-state index in [-0.39, 0.29) is 17.4 Å². The van der Waals surface area contributed by atoms with E-state index in [4.69, 9.17) is 16.3 Å². The van der Waals surface area contributed by atoms with Crippen molar-refractivity contribution in [1.29, 1.82) is 0 Å². The average molecular weight is 557 g/mol. The minimum atomic E-state index is -1.42. The number of fused-ring (bicyclic) bond motifs is 4. The Hall–Kier alpha value is -1.93. The van der Waals surface area contributed by atoms with Gasteiger partial charge in [0.15, 0.2) is 0 Å². The van der Waals surface area contributed by atoms with Crippen LogP contribution in [0.2, 0.25) is 5.02 Å². The molecule has 0 saturated heterocycles. The second-order valence-corrected chi connectivity index (χ2v) is 13.4. The highest BCUT2D eigenvalue weighted by Crippen LogP contribution is 2.47. The van der Waals surface area contributed by atoms with Crippen LogP contribution in [0.4, 0.5) is 5.69 Å². The van der Waals surface area contributed by atoms with Crippen molar-refractivity contribution in [2.45, 2.75) is 69.3 Å². The monoisotopic (exact) mass is 556 g/mol. The molecule has 5 atom stereocenters. The molecule has 0 aromatic heterocycles. The number of aliphatic hydroxyl groups excluding tert-OH is 1. The number of nitrogens with zero attached hydrogens (tertiary/aromatic N) is 1. The van der Waals surface area contributed by atoms with Crippen LogP contribution in [-0.4, -0.2) is 47.1 Å². The molecule has 1 saturated carbocycles. The van der Waals surface area contributed by atoms with Crippen molar-refractivity contribution in [3.63, 3.8) is 0 Å². The molecule has 0 radical (unpaired) electrons. The first-order chi connectivity index (χ1) is 18.4. The van der Waals surface area contributed by atoms with Gasteiger partial charge in [0.05, 0.1) is 29.8 Å². The maximum atomic E-state index is 13.0. The molecule has 2 N–H and O–H groups in total. The van der Waals surface area contributed by atoms with Crippen LogP contribution in [0, 0.1) is 11.8 Å². The number of carbonyl (C=O) groups is 1. The van der Waals surface area contributed by atoms with E-state index in [0.717, 1.165) is 87.3 Å². The SMILES string of the molecule is O=C1N[S+]([O-])CCCCCC(O)C2CCC2CN2CC3(CCCc4cc(Cl)ccc43)COc3ccc1cc32. The van der Waals surface area contributed by atoms with Gasteiger partial charge in [-0.3, -0.25) is 4.79 Å². The van der Waals surface area contributed by atoms with Crippen molar-refractivity contribution >= 4 is 34.6 Å². The molecule has 6 rings (SSSR count). The summed E-state index contributed by atoms with van der Waals surface area (Å²) < 4.78 is 21.7. The number of ether oxygens (including phenoxy) is 1. The molecule has 1 amide bonds. The number of aliphatic hydroxyl groups is 1. The number of nitrogens with one attached hydrogen (secondary N) is 1. The molecule has 1 fully saturated rings. The number of halogens is 1. The van der Waals surface area contributed by atoms with Gasteiger partial charge in [0.2, 0.25) is 0 Å². The Labute approximate surface area is 233 Å². The molecule has 4 aliphatic rings. The van der Waals surface area contributed by atoms with Crippen molar-refractivity contribution in [2.24, 2.45) is 11.8 Å². The van der Waals surface area contributed by atoms with Crippen LogP contribution >= 0.6 is 11.6 Å². The number of hydrogen-bond donors (Lipinski definition) is 2. The third-order valence-electron chi connectivity index (χ3n) is 9.26. The summed E-state index contributed by atoms with van der Waals surface area (Å²) in [6.07, 6.45) is 8.35. The zero-order valence-corrected chi connectivity index (χ0v) is 23.4. The Bertz CT molecular complexity index is 1190. The lowest BCUT2D eigenvalue weighted by atomic mass is 9.68. The summed E-state index contributed by atoms with van der Waals surface area (Å²) in [5.74, 6) is 1.59. The van der Waals surface area contributed by atoms with Gasteiger partial charge in [-0.15, -0.1) is 0 Å². The van der Waals surface area contributed by atoms with Gasteiger partial charge in [-0.2, -0.15) is 4.72 Å². The van der Waals surface area contributed by atoms with Crippen LogP contribution in [0.25, 0.3) is 0 Å². The second kappa shape index (κ2) is 10.9. The van der Waals surface area contributed by atoms with E-state index in [1.807, 2.05) is 18.2 Å². The summed E-state index contributed by atoms with van der Waals surface area (Å²) >= 11 is 4.96. The molecule has 2 aliphatic heterocycles. The van der Waals surface area contributed by atoms with Crippen LogP contribution in [0.3, 0.4) is 0 Å². The number of aryl methyl sites for hydroxylation is 1. The van der Waals surface area contributed by atoms with Crippen LogP contribution in [0.1, 0.15) is 72.9 Å². The molecule has 6 nitrogen and oxygen atoms in total. The van der Waals surface area contributed by atoms with Gasteiger partial charge >= 0.3 is 0 Å². The number of rotatable bonds is 0. The predicted molar refractivity (Wildman–Crippen MR) is 151 cm³/mol. The van der Waals surface area contributed by atoms with Crippen molar-refractivity contribution in [3.8, 4) is 5.75 Å². The van der Waals surface area contributed by atoms with Crippen molar-refractivity contribution < 1.29 is 19.2 Å². The highest BCUT2D eigenvalue weighted by atomic mass is 35.5. The zero-order valence-electron chi connectivity index (χ0n) is 21.8. The minimum absolute atomic E-state index is 0.181. The van der Waals surface area contributed by atoms with Crippen LogP contribution in [-0.2, 0) is 23.2 Å². The predicted octanol–water partition coefficient (Wildman–Crippen LogP) is 5.17. The summed E-state index contributed by atoms with van der Waals surface area (Å²) in [4.78, 5) is 15.5. The number of hydrogen-bond acceptors (Lipinski definition) is 5.